The molecule has 4 rings (SSSR count). The van der Waals surface area contributed by atoms with Crippen molar-refractivity contribution in [3.05, 3.63) is 36.8 Å². The van der Waals surface area contributed by atoms with E-state index in [-0.39, 0.29) is 11.9 Å². The highest BCUT2D eigenvalue weighted by atomic mass is 16.2. The molecule has 0 aromatic carbocycles. The molecule has 1 aliphatic rings. The van der Waals surface area contributed by atoms with Crippen LogP contribution in [-0.2, 0) is 11.8 Å². The van der Waals surface area contributed by atoms with Gasteiger partial charge < -0.3 is 5.32 Å². The lowest BCUT2D eigenvalue weighted by Gasteiger charge is -2.18. The van der Waals surface area contributed by atoms with Crippen LogP contribution in [-0.4, -0.2) is 50.2 Å². The summed E-state index contributed by atoms with van der Waals surface area (Å²) in [6, 6.07) is 5.68. The topological polar surface area (TPSA) is 75.9 Å². The number of carbonyl (C=O) groups excluding carboxylic acids is 1. The van der Waals surface area contributed by atoms with Crippen LogP contribution >= 0.6 is 0 Å². The Kier molecular flexibility index (Phi) is 3.93. The molecule has 1 N–H and O–H groups in total. The number of likely N-dealkylation sites (N-methyl/N-ethyl adjacent to an activating group) is 1. The number of nitrogens with one attached hydrogen (secondary N) is 1. The van der Waals surface area contributed by atoms with Gasteiger partial charge in [-0.1, -0.05) is 0 Å². The molecule has 0 radical (unpaired) electrons. The Morgan fingerprint density at radius 2 is 2.16 bits per heavy atom. The van der Waals surface area contributed by atoms with Crippen LogP contribution in [0.2, 0.25) is 0 Å². The molecule has 0 bridgehead atoms. The van der Waals surface area contributed by atoms with E-state index in [1.54, 1.807) is 17.1 Å². The number of rotatable bonds is 3. The molecule has 7 nitrogen and oxygen atoms in total. The molecule has 0 spiro atoms. The Morgan fingerprint density at radius 3 is 2.88 bits per heavy atom. The van der Waals surface area contributed by atoms with E-state index in [9.17, 15) is 4.79 Å². The molecule has 128 valence electrons. The molecule has 1 saturated heterocycles. The first-order valence-corrected chi connectivity index (χ1v) is 8.37. The van der Waals surface area contributed by atoms with E-state index in [1.807, 2.05) is 38.5 Å². The summed E-state index contributed by atoms with van der Waals surface area (Å²) >= 11 is 0. The summed E-state index contributed by atoms with van der Waals surface area (Å²) in [7, 11) is 3.86. The van der Waals surface area contributed by atoms with E-state index in [0.717, 1.165) is 41.5 Å². The van der Waals surface area contributed by atoms with Crippen LogP contribution in [0.25, 0.3) is 22.2 Å². The van der Waals surface area contributed by atoms with Gasteiger partial charge in [-0.2, -0.15) is 5.10 Å². The molecule has 4 heterocycles. The molecule has 3 aromatic heterocycles. The predicted octanol–water partition coefficient (Wildman–Crippen LogP) is 2.06. The van der Waals surface area contributed by atoms with Crippen LogP contribution < -0.4 is 5.32 Å². The zero-order valence-corrected chi connectivity index (χ0v) is 14.3. The van der Waals surface area contributed by atoms with Crippen LogP contribution in [0.5, 0.6) is 0 Å². The first-order valence-electron chi connectivity index (χ1n) is 8.37. The van der Waals surface area contributed by atoms with E-state index < -0.39 is 0 Å². The summed E-state index contributed by atoms with van der Waals surface area (Å²) in [5.74, 6) is 0.531. The Bertz CT molecular complexity index is 934. The number of carbonyl (C=O) groups is 1. The molecular formula is C18H20N6O. The third kappa shape index (κ3) is 3.10. The van der Waals surface area contributed by atoms with Crippen molar-refractivity contribution in [2.24, 2.45) is 7.05 Å². The van der Waals surface area contributed by atoms with Gasteiger partial charge in [-0.25, -0.2) is 9.97 Å². The minimum Gasteiger partial charge on any atom is -0.309 e. The average molecular weight is 336 g/mol. The highest BCUT2D eigenvalue weighted by molar-refractivity contribution is 5.95. The Hall–Kier alpha value is -2.80. The number of aromatic nitrogens is 4. The Morgan fingerprint density at radius 1 is 1.28 bits per heavy atom. The number of hydrogen-bond acceptors (Lipinski definition) is 5. The van der Waals surface area contributed by atoms with Crippen LogP contribution in [0.1, 0.15) is 12.8 Å². The molecule has 25 heavy (non-hydrogen) atoms. The summed E-state index contributed by atoms with van der Waals surface area (Å²) in [4.78, 5) is 23.5. The summed E-state index contributed by atoms with van der Waals surface area (Å²) in [6.07, 6.45) is 7.39. The van der Waals surface area contributed by atoms with E-state index >= 15 is 0 Å². The van der Waals surface area contributed by atoms with E-state index in [0.29, 0.717) is 5.82 Å². The maximum absolute atomic E-state index is 12.4. The first-order chi connectivity index (χ1) is 12.1. The van der Waals surface area contributed by atoms with Crippen molar-refractivity contribution < 1.29 is 4.79 Å². The molecular weight excluding hydrogens is 316 g/mol. The van der Waals surface area contributed by atoms with Crippen molar-refractivity contribution in [3.63, 3.8) is 0 Å². The smallest absolute Gasteiger partial charge is 0.242 e. The van der Waals surface area contributed by atoms with Crippen LogP contribution in [0.4, 0.5) is 5.82 Å². The third-order valence-corrected chi connectivity index (χ3v) is 4.65. The van der Waals surface area contributed by atoms with Crippen molar-refractivity contribution in [2.45, 2.75) is 18.9 Å². The molecule has 7 heteroatoms. The monoisotopic (exact) mass is 336 g/mol. The maximum atomic E-state index is 12.4. The number of aryl methyl sites for hydroxylation is 1. The van der Waals surface area contributed by atoms with Gasteiger partial charge in [-0.15, -0.1) is 0 Å². The van der Waals surface area contributed by atoms with Gasteiger partial charge >= 0.3 is 0 Å². The molecule has 1 amide bonds. The van der Waals surface area contributed by atoms with Gasteiger partial charge in [0.15, 0.2) is 0 Å². The molecule has 1 atom stereocenters. The highest BCUT2D eigenvalue weighted by Crippen LogP contribution is 2.22. The fourth-order valence-corrected chi connectivity index (χ4v) is 3.25. The second-order valence-electron chi connectivity index (χ2n) is 6.49. The quantitative estimate of drug-likeness (QED) is 0.792. The van der Waals surface area contributed by atoms with Gasteiger partial charge in [0, 0.05) is 36.5 Å². The molecule has 1 fully saturated rings. The van der Waals surface area contributed by atoms with Crippen molar-refractivity contribution in [1.29, 1.82) is 0 Å². The second kappa shape index (κ2) is 6.25. The highest BCUT2D eigenvalue weighted by Gasteiger charge is 2.27. The number of pyridine rings is 2. The second-order valence-corrected chi connectivity index (χ2v) is 6.49. The molecule has 3 aromatic rings. The van der Waals surface area contributed by atoms with Crippen LogP contribution in [0, 0.1) is 0 Å². The number of nitrogens with zero attached hydrogens (tertiary/aromatic N) is 5. The summed E-state index contributed by atoms with van der Waals surface area (Å²) in [6.45, 7) is 0.958. The maximum Gasteiger partial charge on any atom is 0.242 e. The van der Waals surface area contributed by atoms with E-state index in [4.69, 9.17) is 0 Å². The zero-order chi connectivity index (χ0) is 17.4. The van der Waals surface area contributed by atoms with Crippen molar-refractivity contribution in [2.75, 3.05) is 18.9 Å². The molecule has 0 saturated carbocycles. The minimum atomic E-state index is -0.0767. The van der Waals surface area contributed by atoms with Gasteiger partial charge in [0.2, 0.25) is 5.91 Å². The van der Waals surface area contributed by atoms with Gasteiger partial charge in [0.05, 0.1) is 23.4 Å². The van der Waals surface area contributed by atoms with E-state index in [2.05, 4.69) is 25.3 Å². The van der Waals surface area contributed by atoms with Gasteiger partial charge in [0.25, 0.3) is 0 Å². The molecule has 1 unspecified atom stereocenters. The molecule has 1 aliphatic heterocycles. The average Bonchev–Trinajstić information content (AvgIpc) is 3.22. The van der Waals surface area contributed by atoms with E-state index in [1.165, 1.54) is 0 Å². The number of amides is 1. The van der Waals surface area contributed by atoms with Crippen LogP contribution in [0.15, 0.2) is 36.8 Å². The number of hydrogen-bond donors (Lipinski definition) is 1. The molecule has 0 aliphatic carbocycles. The largest absolute Gasteiger partial charge is 0.309 e. The van der Waals surface area contributed by atoms with Gasteiger partial charge in [-0.05, 0) is 38.6 Å². The Labute approximate surface area is 145 Å². The van der Waals surface area contributed by atoms with Gasteiger partial charge in [-0.3, -0.25) is 14.4 Å². The predicted molar refractivity (Wildman–Crippen MR) is 96.0 cm³/mol. The van der Waals surface area contributed by atoms with Crippen molar-refractivity contribution >= 4 is 22.6 Å². The SMILES string of the molecule is CN1CCCC1C(=O)Nc1cc2nc(-c3cnn(C)c3)ccc2cn1. The normalized spacial score (nSPS) is 17.9. The Balaban J connectivity index is 1.61. The summed E-state index contributed by atoms with van der Waals surface area (Å²) < 4.78 is 1.75. The van der Waals surface area contributed by atoms with Gasteiger partial charge in [0.1, 0.15) is 5.82 Å². The zero-order valence-electron chi connectivity index (χ0n) is 14.3. The number of anilines is 1. The lowest BCUT2D eigenvalue weighted by molar-refractivity contribution is -0.119. The van der Waals surface area contributed by atoms with Crippen LogP contribution in [0.3, 0.4) is 0 Å². The standard InChI is InChI=1S/C18H20N6O/c1-23-7-3-4-16(23)18(25)22-17-8-15-12(9-19-17)5-6-14(21-15)13-10-20-24(2)11-13/h5-6,8-11,16H,3-4,7H2,1-2H3,(H,19,22,25). The summed E-state index contributed by atoms with van der Waals surface area (Å²) in [5.41, 5.74) is 2.60. The van der Waals surface area contributed by atoms with Crippen molar-refractivity contribution in [3.8, 4) is 11.3 Å². The lowest BCUT2D eigenvalue weighted by atomic mass is 10.2. The number of fused-ring (bicyclic) bond motifs is 1. The fourth-order valence-electron chi connectivity index (χ4n) is 3.25. The minimum absolute atomic E-state index is 0.00439. The number of likely N-dealkylation sites (tertiary alicyclic amines) is 1. The lowest BCUT2D eigenvalue weighted by Crippen LogP contribution is -2.37. The summed E-state index contributed by atoms with van der Waals surface area (Å²) in [5, 5.41) is 8.04. The third-order valence-electron chi connectivity index (χ3n) is 4.65. The fraction of sp³-hybridized carbons (Fsp3) is 0.333. The van der Waals surface area contributed by atoms with Crippen molar-refractivity contribution in [1.82, 2.24) is 24.6 Å². The first kappa shape index (κ1) is 15.7.